The van der Waals surface area contributed by atoms with E-state index >= 15 is 0 Å². The summed E-state index contributed by atoms with van der Waals surface area (Å²) in [4.78, 5) is 0.648. The summed E-state index contributed by atoms with van der Waals surface area (Å²) in [5.41, 5.74) is 2.66. The Morgan fingerprint density at radius 3 is 2.90 bits per heavy atom. The summed E-state index contributed by atoms with van der Waals surface area (Å²) in [6, 6.07) is 5.26. The molecule has 1 aromatic heterocycles. The Morgan fingerprint density at radius 2 is 2.24 bits per heavy atom. The van der Waals surface area contributed by atoms with E-state index in [4.69, 9.17) is 4.74 Å². The topological polar surface area (TPSA) is 39.1 Å². The number of rotatable bonds is 7. The number of thioether (sulfide) groups is 1. The van der Waals surface area contributed by atoms with Crippen LogP contribution in [0.3, 0.4) is 0 Å². The molecule has 0 fully saturated rings. The highest BCUT2D eigenvalue weighted by Gasteiger charge is 2.12. The molecule has 2 rings (SSSR count). The minimum absolute atomic E-state index is 0.205. The smallest absolute Gasteiger partial charge is 0.137 e. The third kappa shape index (κ3) is 4.06. The Bertz CT molecular complexity index is 601. The van der Waals surface area contributed by atoms with Crippen molar-refractivity contribution in [3.63, 3.8) is 0 Å². The van der Waals surface area contributed by atoms with E-state index in [0.717, 1.165) is 23.4 Å². The summed E-state index contributed by atoms with van der Waals surface area (Å²) >= 11 is 1.40. The molecule has 1 N–H and O–H groups in total. The average Bonchev–Trinajstić information content (AvgIpc) is 2.84. The molecule has 0 aliphatic rings. The van der Waals surface area contributed by atoms with Crippen LogP contribution in [-0.2, 0) is 18.3 Å². The second-order valence-electron chi connectivity index (χ2n) is 4.70. The van der Waals surface area contributed by atoms with Crippen LogP contribution < -0.4 is 5.32 Å². The first-order valence-electron chi connectivity index (χ1n) is 6.71. The van der Waals surface area contributed by atoms with Crippen LogP contribution in [0.15, 0.2) is 29.3 Å². The number of halogens is 1. The van der Waals surface area contributed by atoms with Gasteiger partial charge >= 0.3 is 0 Å². The molecule has 0 bridgehead atoms. The van der Waals surface area contributed by atoms with Crippen LogP contribution in [0.5, 0.6) is 0 Å². The number of hydrogen-bond donors (Lipinski definition) is 1. The number of nitrogens with one attached hydrogen (secondary N) is 1. The highest BCUT2D eigenvalue weighted by Crippen LogP contribution is 2.27. The van der Waals surface area contributed by atoms with Crippen LogP contribution in [-0.4, -0.2) is 36.3 Å². The summed E-state index contributed by atoms with van der Waals surface area (Å²) in [6.07, 6.45) is 3.82. The Morgan fingerprint density at radius 1 is 1.43 bits per heavy atom. The number of aromatic nitrogens is 2. The van der Waals surface area contributed by atoms with Crippen molar-refractivity contribution in [2.24, 2.45) is 7.05 Å². The molecule has 2 aromatic rings. The van der Waals surface area contributed by atoms with Gasteiger partial charge in [-0.2, -0.15) is 5.10 Å². The molecule has 21 heavy (non-hydrogen) atoms. The van der Waals surface area contributed by atoms with Gasteiger partial charge in [0.05, 0.1) is 12.3 Å². The van der Waals surface area contributed by atoms with Gasteiger partial charge in [0, 0.05) is 49.5 Å². The van der Waals surface area contributed by atoms with Crippen molar-refractivity contribution in [2.45, 2.75) is 11.4 Å². The van der Waals surface area contributed by atoms with E-state index in [1.165, 1.54) is 11.8 Å². The molecular weight excluding hydrogens is 289 g/mol. The largest absolute Gasteiger partial charge is 0.383 e. The van der Waals surface area contributed by atoms with Gasteiger partial charge in [0.2, 0.25) is 0 Å². The van der Waals surface area contributed by atoms with Gasteiger partial charge in [0.15, 0.2) is 0 Å². The van der Waals surface area contributed by atoms with Crippen molar-refractivity contribution in [3.05, 3.63) is 35.8 Å². The lowest BCUT2D eigenvalue weighted by Gasteiger charge is -2.06. The van der Waals surface area contributed by atoms with Crippen molar-refractivity contribution in [1.82, 2.24) is 15.1 Å². The standard InChI is InChI=1S/C15H20FN3OS/c1-19-10-12(9-17-6-7-20-2)15(18-19)11-4-5-14(21-3)13(16)8-11/h4-5,8,10,17H,6-7,9H2,1-3H3. The number of aryl methyl sites for hydroxylation is 1. The van der Waals surface area contributed by atoms with Gasteiger partial charge in [0.25, 0.3) is 0 Å². The minimum atomic E-state index is -0.205. The van der Waals surface area contributed by atoms with Gasteiger partial charge in [0.1, 0.15) is 5.82 Å². The van der Waals surface area contributed by atoms with Gasteiger partial charge in [-0.1, -0.05) is 6.07 Å². The zero-order chi connectivity index (χ0) is 15.2. The van der Waals surface area contributed by atoms with Gasteiger partial charge in [-0.3, -0.25) is 4.68 Å². The van der Waals surface area contributed by atoms with E-state index in [9.17, 15) is 4.39 Å². The van der Waals surface area contributed by atoms with E-state index in [2.05, 4.69) is 10.4 Å². The van der Waals surface area contributed by atoms with E-state index in [0.29, 0.717) is 18.0 Å². The molecule has 0 aliphatic heterocycles. The van der Waals surface area contributed by atoms with E-state index in [-0.39, 0.29) is 5.82 Å². The van der Waals surface area contributed by atoms with Crippen LogP contribution in [0, 0.1) is 5.82 Å². The second kappa shape index (κ2) is 7.59. The number of ether oxygens (including phenoxy) is 1. The molecular formula is C15H20FN3OS. The molecule has 1 aromatic carbocycles. The Balaban J connectivity index is 2.20. The van der Waals surface area contributed by atoms with Crippen LogP contribution in [0.4, 0.5) is 4.39 Å². The van der Waals surface area contributed by atoms with Crippen molar-refractivity contribution in [2.75, 3.05) is 26.5 Å². The first-order valence-corrected chi connectivity index (χ1v) is 7.94. The predicted octanol–water partition coefficient (Wildman–Crippen LogP) is 2.68. The van der Waals surface area contributed by atoms with Gasteiger partial charge in [-0.05, 0) is 18.4 Å². The van der Waals surface area contributed by atoms with Gasteiger partial charge in [-0.25, -0.2) is 4.39 Å². The molecule has 1 heterocycles. The van der Waals surface area contributed by atoms with Crippen molar-refractivity contribution in [1.29, 1.82) is 0 Å². The Hall–Kier alpha value is -1.37. The molecule has 0 spiro atoms. The van der Waals surface area contributed by atoms with Crippen LogP contribution >= 0.6 is 11.8 Å². The van der Waals surface area contributed by atoms with E-state index in [1.54, 1.807) is 23.9 Å². The highest BCUT2D eigenvalue weighted by molar-refractivity contribution is 7.98. The average molecular weight is 309 g/mol. The number of methoxy groups -OCH3 is 1. The lowest BCUT2D eigenvalue weighted by atomic mass is 10.1. The Labute approximate surface area is 128 Å². The monoisotopic (exact) mass is 309 g/mol. The maximum absolute atomic E-state index is 13.9. The quantitative estimate of drug-likeness (QED) is 0.630. The van der Waals surface area contributed by atoms with Gasteiger partial charge in [-0.15, -0.1) is 11.8 Å². The fraction of sp³-hybridized carbons (Fsp3) is 0.400. The summed E-state index contributed by atoms with van der Waals surface area (Å²) in [5, 5.41) is 7.74. The summed E-state index contributed by atoms with van der Waals surface area (Å²) in [6.45, 7) is 2.11. The molecule has 0 saturated carbocycles. The first-order chi connectivity index (χ1) is 10.2. The van der Waals surface area contributed by atoms with Crippen LogP contribution in [0.2, 0.25) is 0 Å². The molecule has 0 saturated heterocycles. The number of benzene rings is 1. The summed E-state index contributed by atoms with van der Waals surface area (Å²) < 4.78 is 20.7. The number of nitrogens with zero attached hydrogens (tertiary/aromatic N) is 2. The maximum Gasteiger partial charge on any atom is 0.137 e. The SMILES string of the molecule is COCCNCc1cn(C)nc1-c1ccc(SC)c(F)c1. The van der Waals surface area contributed by atoms with Gasteiger partial charge < -0.3 is 10.1 Å². The lowest BCUT2D eigenvalue weighted by Crippen LogP contribution is -2.18. The molecule has 0 radical (unpaired) electrons. The lowest BCUT2D eigenvalue weighted by molar-refractivity contribution is 0.199. The molecule has 0 amide bonds. The molecule has 0 atom stereocenters. The highest BCUT2D eigenvalue weighted by atomic mass is 32.2. The molecule has 114 valence electrons. The summed E-state index contributed by atoms with van der Waals surface area (Å²) in [7, 11) is 3.54. The molecule has 0 aliphatic carbocycles. The first kappa shape index (κ1) is 16.0. The van der Waals surface area contributed by atoms with Crippen molar-refractivity contribution < 1.29 is 9.13 Å². The molecule has 0 unspecified atom stereocenters. The second-order valence-corrected chi connectivity index (χ2v) is 5.54. The normalized spacial score (nSPS) is 11.0. The van der Waals surface area contributed by atoms with E-state index < -0.39 is 0 Å². The van der Waals surface area contributed by atoms with Crippen LogP contribution in [0.1, 0.15) is 5.56 Å². The minimum Gasteiger partial charge on any atom is -0.383 e. The Kier molecular flexibility index (Phi) is 5.78. The predicted molar refractivity (Wildman–Crippen MR) is 84.0 cm³/mol. The van der Waals surface area contributed by atoms with E-state index in [1.807, 2.05) is 25.6 Å². The zero-order valence-corrected chi connectivity index (χ0v) is 13.3. The maximum atomic E-state index is 13.9. The zero-order valence-electron chi connectivity index (χ0n) is 12.5. The van der Waals surface area contributed by atoms with Crippen molar-refractivity contribution >= 4 is 11.8 Å². The molecule has 4 nitrogen and oxygen atoms in total. The van der Waals surface area contributed by atoms with Crippen LogP contribution in [0.25, 0.3) is 11.3 Å². The number of hydrogen-bond acceptors (Lipinski definition) is 4. The molecule has 6 heteroatoms. The van der Waals surface area contributed by atoms with Crippen molar-refractivity contribution in [3.8, 4) is 11.3 Å². The third-order valence-electron chi connectivity index (χ3n) is 3.13. The third-order valence-corrected chi connectivity index (χ3v) is 3.90. The summed E-state index contributed by atoms with van der Waals surface area (Å²) in [5.74, 6) is -0.205. The fourth-order valence-corrected chi connectivity index (χ4v) is 2.58. The fourth-order valence-electron chi connectivity index (χ4n) is 2.12.